The summed E-state index contributed by atoms with van der Waals surface area (Å²) in [5.41, 5.74) is 5.11. The third kappa shape index (κ3) is 4.60. The van der Waals surface area contributed by atoms with Crippen LogP contribution in [-0.4, -0.2) is 31.2 Å². The Balaban J connectivity index is 2.09. The Kier molecular flexibility index (Phi) is 6.55. The molecule has 0 amide bonds. The van der Waals surface area contributed by atoms with E-state index in [0.29, 0.717) is 22.8 Å². The maximum absolute atomic E-state index is 12.5. The van der Waals surface area contributed by atoms with Crippen LogP contribution < -0.4 is 0 Å². The van der Waals surface area contributed by atoms with Gasteiger partial charge in [-0.3, -0.25) is 0 Å². The van der Waals surface area contributed by atoms with Crippen LogP contribution in [0.25, 0.3) is 22.2 Å². The zero-order valence-electron chi connectivity index (χ0n) is 20.1. The number of carboxylic acids is 1. The molecule has 0 aliphatic rings. The molecule has 34 heavy (non-hydrogen) atoms. The van der Waals surface area contributed by atoms with E-state index < -0.39 is 17.7 Å². The van der Waals surface area contributed by atoms with Crippen LogP contribution in [0.1, 0.15) is 54.4 Å². The Labute approximate surface area is 208 Å². The van der Waals surface area contributed by atoms with Crippen molar-refractivity contribution in [2.24, 2.45) is 0 Å². The van der Waals surface area contributed by atoms with Crippen LogP contribution >= 0.6 is 22.9 Å². The molecular formula is C26H28ClN3O3S. The summed E-state index contributed by atoms with van der Waals surface area (Å²) in [4.78, 5) is 21.9. The Bertz CT molecular complexity index is 1350. The van der Waals surface area contributed by atoms with Gasteiger partial charge in [-0.05, 0) is 64.8 Å². The van der Waals surface area contributed by atoms with Crippen LogP contribution in [-0.2, 0) is 16.1 Å². The molecule has 0 spiro atoms. The normalized spacial score (nSPS) is 12.9. The smallest absolute Gasteiger partial charge is 0.337 e. The molecule has 8 heteroatoms. The molecule has 3 aromatic heterocycles. The lowest BCUT2D eigenvalue weighted by atomic mass is 9.91. The van der Waals surface area contributed by atoms with E-state index in [0.717, 1.165) is 38.4 Å². The second-order valence-electron chi connectivity index (χ2n) is 9.36. The zero-order valence-corrected chi connectivity index (χ0v) is 21.7. The topological polar surface area (TPSA) is 77.2 Å². The molecule has 3 heterocycles. The maximum Gasteiger partial charge on any atom is 0.337 e. The van der Waals surface area contributed by atoms with Crippen molar-refractivity contribution in [3.05, 3.63) is 68.4 Å². The molecule has 6 nitrogen and oxygen atoms in total. The number of pyridine rings is 1. The molecule has 0 saturated heterocycles. The van der Waals surface area contributed by atoms with Crippen molar-refractivity contribution in [1.29, 1.82) is 0 Å². The van der Waals surface area contributed by atoms with E-state index in [1.807, 2.05) is 57.3 Å². The second kappa shape index (κ2) is 9.13. The summed E-state index contributed by atoms with van der Waals surface area (Å²) in [5, 5.41) is 14.7. The number of hydrogen-bond donors (Lipinski definition) is 1. The van der Waals surface area contributed by atoms with Crippen LogP contribution in [0.5, 0.6) is 0 Å². The standard InChI is InChI=1S/C26H28ClN3O3S/c1-14-16(3)30(13-19-28-11-12-34-19)24-20(14)22(17-7-9-18(27)10-8-17)21(15(2)29-24)23(25(31)32)33-26(4,5)6/h7-12,23H,13H2,1-6H3,(H,31,32)/t23-/m0/s1. The molecule has 1 aromatic carbocycles. The van der Waals surface area contributed by atoms with Crippen molar-refractivity contribution in [2.75, 3.05) is 0 Å². The molecule has 0 aliphatic carbocycles. The number of thiazole rings is 1. The van der Waals surface area contributed by atoms with E-state index in [1.165, 1.54) is 0 Å². The average Bonchev–Trinajstić information content (AvgIpc) is 3.34. The first-order valence-corrected chi connectivity index (χ1v) is 12.3. The van der Waals surface area contributed by atoms with Crippen molar-refractivity contribution in [3.8, 4) is 11.1 Å². The van der Waals surface area contributed by atoms with Crippen LogP contribution in [0.3, 0.4) is 0 Å². The fourth-order valence-corrected chi connectivity index (χ4v) is 5.01. The number of halogens is 1. The SMILES string of the molecule is Cc1nc2c(c(C)c(C)n2Cc2nccs2)c(-c2ccc(Cl)cc2)c1[C@H](OC(C)(C)C)C(=O)O. The summed E-state index contributed by atoms with van der Waals surface area (Å²) >= 11 is 7.78. The van der Waals surface area contributed by atoms with E-state index in [1.54, 1.807) is 17.5 Å². The summed E-state index contributed by atoms with van der Waals surface area (Å²) in [6, 6.07) is 7.47. The Hall–Kier alpha value is -2.74. The summed E-state index contributed by atoms with van der Waals surface area (Å²) in [6.45, 7) is 12.1. The summed E-state index contributed by atoms with van der Waals surface area (Å²) in [7, 11) is 0. The number of rotatable bonds is 6. The van der Waals surface area contributed by atoms with E-state index in [4.69, 9.17) is 21.3 Å². The zero-order chi connectivity index (χ0) is 24.8. The third-order valence-corrected chi connectivity index (χ3v) is 6.87. The molecule has 4 aromatic rings. The predicted molar refractivity (Wildman–Crippen MR) is 137 cm³/mol. The molecule has 0 fully saturated rings. The van der Waals surface area contributed by atoms with Crippen LogP contribution in [0.2, 0.25) is 5.02 Å². The lowest BCUT2D eigenvalue weighted by Gasteiger charge is -2.28. The first-order valence-electron chi connectivity index (χ1n) is 11.0. The highest BCUT2D eigenvalue weighted by atomic mass is 35.5. The number of carboxylic acid groups (broad SMARTS) is 1. The number of aryl methyl sites for hydroxylation is 2. The monoisotopic (exact) mass is 497 g/mol. The first kappa shape index (κ1) is 24.4. The van der Waals surface area contributed by atoms with Gasteiger partial charge < -0.3 is 14.4 Å². The van der Waals surface area contributed by atoms with E-state index in [-0.39, 0.29) is 0 Å². The van der Waals surface area contributed by atoms with Gasteiger partial charge in [0.2, 0.25) is 0 Å². The quantitative estimate of drug-likeness (QED) is 0.319. The van der Waals surface area contributed by atoms with Gasteiger partial charge in [0, 0.05) is 44.5 Å². The van der Waals surface area contributed by atoms with Gasteiger partial charge >= 0.3 is 5.97 Å². The second-order valence-corrected chi connectivity index (χ2v) is 10.8. The minimum atomic E-state index is -1.18. The molecular weight excluding hydrogens is 470 g/mol. The Morgan fingerprint density at radius 3 is 2.44 bits per heavy atom. The highest BCUT2D eigenvalue weighted by Gasteiger charge is 2.33. The van der Waals surface area contributed by atoms with Crippen LogP contribution in [0.4, 0.5) is 0 Å². The number of aliphatic carboxylic acids is 1. The van der Waals surface area contributed by atoms with Gasteiger partial charge in [-0.1, -0.05) is 23.7 Å². The minimum Gasteiger partial charge on any atom is -0.479 e. The lowest BCUT2D eigenvalue weighted by molar-refractivity contribution is -0.160. The molecule has 1 atom stereocenters. The molecule has 4 rings (SSSR count). The van der Waals surface area contributed by atoms with Gasteiger partial charge in [0.25, 0.3) is 0 Å². The number of ether oxygens (including phenoxy) is 1. The number of nitrogens with zero attached hydrogens (tertiary/aromatic N) is 3. The number of hydrogen-bond acceptors (Lipinski definition) is 5. The summed E-state index contributed by atoms with van der Waals surface area (Å²) in [5.74, 6) is -1.05. The maximum atomic E-state index is 12.5. The highest BCUT2D eigenvalue weighted by Crippen LogP contribution is 2.42. The van der Waals surface area contributed by atoms with Gasteiger partial charge in [-0.2, -0.15) is 0 Å². The van der Waals surface area contributed by atoms with Crippen molar-refractivity contribution >= 4 is 39.9 Å². The van der Waals surface area contributed by atoms with E-state index in [2.05, 4.69) is 23.4 Å². The molecule has 0 aliphatic heterocycles. The van der Waals surface area contributed by atoms with Crippen LogP contribution in [0, 0.1) is 20.8 Å². The van der Waals surface area contributed by atoms with Crippen molar-refractivity contribution in [2.45, 2.75) is 59.8 Å². The van der Waals surface area contributed by atoms with Crippen LogP contribution in [0.15, 0.2) is 35.8 Å². The number of aromatic nitrogens is 3. The first-order chi connectivity index (χ1) is 16.0. The van der Waals surface area contributed by atoms with Crippen molar-refractivity contribution in [3.63, 3.8) is 0 Å². The lowest BCUT2D eigenvalue weighted by Crippen LogP contribution is -2.28. The summed E-state index contributed by atoms with van der Waals surface area (Å²) < 4.78 is 8.24. The molecule has 0 unspecified atom stereocenters. The number of carbonyl (C=O) groups is 1. The van der Waals surface area contributed by atoms with Gasteiger partial charge in [0.1, 0.15) is 10.7 Å². The molecule has 0 radical (unpaired) electrons. The summed E-state index contributed by atoms with van der Waals surface area (Å²) in [6.07, 6.45) is 0.620. The fraction of sp³-hybridized carbons (Fsp3) is 0.346. The van der Waals surface area contributed by atoms with Gasteiger partial charge in [0.15, 0.2) is 6.10 Å². The average molecular weight is 498 g/mol. The minimum absolute atomic E-state index is 0.562. The largest absolute Gasteiger partial charge is 0.479 e. The van der Waals surface area contributed by atoms with Gasteiger partial charge in [-0.15, -0.1) is 11.3 Å². The van der Waals surface area contributed by atoms with Crippen molar-refractivity contribution in [1.82, 2.24) is 14.5 Å². The van der Waals surface area contributed by atoms with E-state index >= 15 is 0 Å². The highest BCUT2D eigenvalue weighted by molar-refractivity contribution is 7.09. The molecule has 0 saturated carbocycles. The molecule has 0 bridgehead atoms. The van der Waals surface area contributed by atoms with Gasteiger partial charge in [0.05, 0.1) is 12.1 Å². The number of fused-ring (bicyclic) bond motifs is 1. The van der Waals surface area contributed by atoms with Crippen molar-refractivity contribution < 1.29 is 14.6 Å². The fourth-order valence-electron chi connectivity index (χ4n) is 4.28. The van der Waals surface area contributed by atoms with E-state index in [9.17, 15) is 9.90 Å². The predicted octanol–water partition coefficient (Wildman–Crippen LogP) is 6.73. The Morgan fingerprint density at radius 1 is 1.21 bits per heavy atom. The number of benzene rings is 1. The Morgan fingerprint density at radius 2 is 1.88 bits per heavy atom. The van der Waals surface area contributed by atoms with Gasteiger partial charge in [-0.25, -0.2) is 14.8 Å². The third-order valence-electron chi connectivity index (χ3n) is 5.85. The molecule has 178 valence electrons. The molecule has 1 N–H and O–H groups in total.